The normalized spacial score (nSPS) is 12.7. The Morgan fingerprint density at radius 1 is 1.80 bits per heavy atom. The zero-order valence-corrected chi connectivity index (χ0v) is 6.93. The van der Waals surface area contributed by atoms with Crippen LogP contribution in [0.5, 0.6) is 0 Å². The third-order valence-corrected chi connectivity index (χ3v) is 1.34. The van der Waals surface area contributed by atoms with Crippen molar-refractivity contribution in [2.45, 2.75) is 19.4 Å². The molecule has 10 heavy (non-hydrogen) atoms. The third kappa shape index (κ3) is 3.74. The van der Waals surface area contributed by atoms with Crippen LogP contribution in [0.2, 0.25) is 0 Å². The van der Waals surface area contributed by atoms with Crippen LogP contribution in [0.15, 0.2) is 0 Å². The van der Waals surface area contributed by atoms with E-state index in [0.29, 0.717) is 12.4 Å². The van der Waals surface area contributed by atoms with Gasteiger partial charge in [0.05, 0.1) is 6.61 Å². The number of nitrogens with two attached hydrogens (primary N) is 1. The van der Waals surface area contributed by atoms with E-state index in [0.717, 1.165) is 6.42 Å². The second kappa shape index (κ2) is 5.56. The van der Waals surface area contributed by atoms with Gasteiger partial charge < -0.3 is 10.5 Å². The number of carbonyl (C=O) groups excluding carboxylic acids is 1. The summed E-state index contributed by atoms with van der Waals surface area (Å²) in [7, 11) is 0. The molecule has 0 bridgehead atoms. The first kappa shape index (κ1) is 9.78. The molecule has 60 valence electrons. The molecule has 3 nitrogen and oxygen atoms in total. The van der Waals surface area contributed by atoms with E-state index in [-0.39, 0.29) is 5.97 Å². The summed E-state index contributed by atoms with van der Waals surface area (Å²) in [6.45, 7) is 2.37. The summed E-state index contributed by atoms with van der Waals surface area (Å²) in [5.41, 5.74) is 5.31. The number of hydrogen-bond acceptors (Lipinski definition) is 4. The van der Waals surface area contributed by atoms with Gasteiger partial charge in [-0.3, -0.25) is 4.79 Å². The fourth-order valence-corrected chi connectivity index (χ4v) is 0.533. The first-order valence-corrected chi connectivity index (χ1v) is 3.88. The molecule has 1 atom stereocenters. The van der Waals surface area contributed by atoms with Crippen molar-refractivity contribution in [1.82, 2.24) is 0 Å². The minimum atomic E-state index is -0.574. The molecule has 0 aromatic rings. The second-order valence-corrected chi connectivity index (χ2v) is 2.32. The lowest BCUT2D eigenvalue weighted by Crippen LogP contribution is -2.33. The minimum Gasteiger partial charge on any atom is -0.465 e. The molecule has 0 saturated heterocycles. The van der Waals surface area contributed by atoms with E-state index in [1.807, 2.05) is 6.92 Å². The van der Waals surface area contributed by atoms with Crippen LogP contribution < -0.4 is 5.73 Å². The molecular formula is C6H13NO2S. The third-order valence-electron chi connectivity index (χ3n) is 0.948. The molecule has 0 aromatic heterocycles. The maximum atomic E-state index is 10.7. The van der Waals surface area contributed by atoms with Gasteiger partial charge >= 0.3 is 5.97 Å². The SMILES string of the molecule is CCCOC(=O)[C@H](N)CS. The van der Waals surface area contributed by atoms with Crippen LogP contribution in [-0.4, -0.2) is 24.4 Å². The van der Waals surface area contributed by atoms with Crippen molar-refractivity contribution in [3.05, 3.63) is 0 Å². The van der Waals surface area contributed by atoms with Crippen LogP contribution in [0.4, 0.5) is 0 Å². The molecule has 0 fully saturated rings. The quantitative estimate of drug-likeness (QED) is 0.460. The summed E-state index contributed by atoms with van der Waals surface area (Å²) in [6.07, 6.45) is 0.824. The average Bonchev–Trinajstić information content (AvgIpc) is 1.98. The second-order valence-electron chi connectivity index (χ2n) is 1.96. The Balaban J connectivity index is 3.42. The molecule has 0 aliphatic carbocycles. The molecule has 0 heterocycles. The predicted octanol–water partition coefficient (Wildman–Crippen LogP) is 0.197. The lowest BCUT2D eigenvalue weighted by Gasteiger charge is -2.06. The monoisotopic (exact) mass is 163 g/mol. The first-order valence-electron chi connectivity index (χ1n) is 3.25. The van der Waals surface area contributed by atoms with Crippen molar-refractivity contribution < 1.29 is 9.53 Å². The Morgan fingerprint density at radius 2 is 2.40 bits per heavy atom. The minimum absolute atomic E-state index is 0.336. The van der Waals surface area contributed by atoms with Crippen molar-refractivity contribution in [1.29, 1.82) is 0 Å². The number of hydrogen-bond donors (Lipinski definition) is 2. The highest BCUT2D eigenvalue weighted by Gasteiger charge is 2.11. The zero-order valence-electron chi connectivity index (χ0n) is 6.04. The molecule has 0 radical (unpaired) electrons. The molecule has 2 N–H and O–H groups in total. The molecule has 0 rings (SSSR count). The maximum Gasteiger partial charge on any atom is 0.323 e. The van der Waals surface area contributed by atoms with E-state index in [9.17, 15) is 4.79 Å². The standard InChI is InChI=1S/C6H13NO2S/c1-2-3-9-6(8)5(7)4-10/h5,10H,2-4,7H2,1H3/t5-/m1/s1. The topological polar surface area (TPSA) is 52.3 Å². The summed E-state index contributed by atoms with van der Waals surface area (Å²) in [5, 5.41) is 0. The molecule has 0 aliphatic rings. The molecule has 0 spiro atoms. The summed E-state index contributed by atoms with van der Waals surface area (Å²) in [5.74, 6) is -0.0282. The van der Waals surface area contributed by atoms with Crippen molar-refractivity contribution in [2.24, 2.45) is 5.73 Å². The molecule has 4 heteroatoms. The Morgan fingerprint density at radius 3 is 2.80 bits per heavy atom. The molecule has 0 saturated carbocycles. The number of ether oxygens (including phenoxy) is 1. The van der Waals surface area contributed by atoms with Crippen LogP contribution in [0.3, 0.4) is 0 Å². The predicted molar refractivity (Wildman–Crippen MR) is 43.1 cm³/mol. The zero-order chi connectivity index (χ0) is 7.98. The van der Waals surface area contributed by atoms with Gasteiger partial charge in [-0.15, -0.1) is 0 Å². The fraction of sp³-hybridized carbons (Fsp3) is 0.833. The van der Waals surface area contributed by atoms with Gasteiger partial charge in [0.2, 0.25) is 0 Å². The highest BCUT2D eigenvalue weighted by molar-refractivity contribution is 7.80. The Kier molecular flexibility index (Phi) is 5.43. The van der Waals surface area contributed by atoms with Gasteiger partial charge in [-0.25, -0.2) is 0 Å². The van der Waals surface area contributed by atoms with Gasteiger partial charge in [0.25, 0.3) is 0 Å². The van der Waals surface area contributed by atoms with E-state index in [1.54, 1.807) is 0 Å². The van der Waals surface area contributed by atoms with Crippen LogP contribution >= 0.6 is 12.6 Å². The highest BCUT2D eigenvalue weighted by Crippen LogP contribution is 1.89. The first-order chi connectivity index (χ1) is 4.72. The van der Waals surface area contributed by atoms with Crippen molar-refractivity contribution in [3.63, 3.8) is 0 Å². The molecule has 0 amide bonds. The number of esters is 1. The van der Waals surface area contributed by atoms with Crippen molar-refractivity contribution in [3.8, 4) is 0 Å². The van der Waals surface area contributed by atoms with Gasteiger partial charge in [0.1, 0.15) is 6.04 Å². The Labute approximate surface area is 66.3 Å². The summed E-state index contributed by atoms with van der Waals surface area (Å²) >= 11 is 3.85. The number of rotatable bonds is 4. The lowest BCUT2D eigenvalue weighted by atomic mass is 10.4. The van der Waals surface area contributed by atoms with E-state index < -0.39 is 6.04 Å². The number of carbonyl (C=O) groups is 1. The summed E-state index contributed by atoms with van der Waals surface area (Å²) < 4.78 is 4.73. The van der Waals surface area contributed by atoms with Gasteiger partial charge in [0, 0.05) is 5.75 Å². The van der Waals surface area contributed by atoms with E-state index >= 15 is 0 Å². The Hall–Kier alpha value is -0.220. The molecular weight excluding hydrogens is 150 g/mol. The van der Waals surface area contributed by atoms with Gasteiger partial charge in [-0.1, -0.05) is 6.92 Å². The van der Waals surface area contributed by atoms with Crippen molar-refractivity contribution >= 4 is 18.6 Å². The largest absolute Gasteiger partial charge is 0.465 e. The fourth-order valence-electron chi connectivity index (χ4n) is 0.384. The molecule has 0 aromatic carbocycles. The Bertz CT molecular complexity index is 108. The van der Waals surface area contributed by atoms with Crippen LogP contribution in [0.1, 0.15) is 13.3 Å². The van der Waals surface area contributed by atoms with E-state index in [4.69, 9.17) is 10.5 Å². The van der Waals surface area contributed by atoms with Crippen LogP contribution in [0.25, 0.3) is 0 Å². The average molecular weight is 163 g/mol. The summed E-state index contributed by atoms with van der Waals surface area (Å²) in [6, 6.07) is -0.574. The summed E-state index contributed by atoms with van der Waals surface area (Å²) in [4.78, 5) is 10.7. The molecule has 0 aliphatic heterocycles. The smallest absolute Gasteiger partial charge is 0.323 e. The van der Waals surface area contributed by atoms with Gasteiger partial charge in [0.15, 0.2) is 0 Å². The highest BCUT2D eigenvalue weighted by atomic mass is 32.1. The van der Waals surface area contributed by atoms with E-state index in [1.165, 1.54) is 0 Å². The van der Waals surface area contributed by atoms with Crippen LogP contribution in [-0.2, 0) is 9.53 Å². The molecule has 0 unspecified atom stereocenters. The van der Waals surface area contributed by atoms with Crippen LogP contribution in [0, 0.1) is 0 Å². The maximum absolute atomic E-state index is 10.7. The van der Waals surface area contributed by atoms with Gasteiger partial charge in [-0.05, 0) is 6.42 Å². The van der Waals surface area contributed by atoms with Crippen molar-refractivity contribution in [2.75, 3.05) is 12.4 Å². The number of thiol groups is 1. The van der Waals surface area contributed by atoms with E-state index in [2.05, 4.69) is 12.6 Å². The van der Waals surface area contributed by atoms with Gasteiger partial charge in [-0.2, -0.15) is 12.6 Å². The lowest BCUT2D eigenvalue weighted by molar-refractivity contribution is -0.144.